The van der Waals surface area contributed by atoms with Crippen molar-refractivity contribution in [3.05, 3.63) is 42.1 Å². The number of anilines is 1. The van der Waals surface area contributed by atoms with Gasteiger partial charge in [-0.1, -0.05) is 39.0 Å². The molecule has 214 valence electrons. The Hall–Kier alpha value is -3.41. The molecule has 2 N–H and O–H groups in total. The maximum absolute atomic E-state index is 13.8. The number of halogens is 3. The fraction of sp³-hybridized carbons (Fsp3) is 0.556. The number of alkyl halides is 3. The van der Waals surface area contributed by atoms with Gasteiger partial charge in [-0.25, -0.2) is 4.68 Å². The molecule has 1 aromatic carbocycles. The summed E-state index contributed by atoms with van der Waals surface area (Å²) in [5, 5.41) is 9.97. The lowest BCUT2D eigenvalue weighted by molar-refractivity contribution is -0.170. The van der Waals surface area contributed by atoms with E-state index < -0.39 is 41.5 Å². The van der Waals surface area contributed by atoms with Crippen LogP contribution in [-0.4, -0.2) is 76.8 Å². The molecule has 0 bridgehead atoms. The molecular weight excluding hydrogens is 513 g/mol. The number of carbonyl (C=O) groups excluding carboxylic acids is 3. The minimum atomic E-state index is -5.14. The third-order valence-corrected chi connectivity index (χ3v) is 6.86. The molecule has 0 unspecified atom stereocenters. The molecule has 1 fully saturated rings. The highest BCUT2D eigenvalue weighted by Crippen LogP contribution is 2.31. The van der Waals surface area contributed by atoms with Crippen LogP contribution in [0.3, 0.4) is 0 Å². The highest BCUT2D eigenvalue weighted by molar-refractivity contribution is 5.97. The molecule has 2 aromatic rings. The Labute approximate surface area is 226 Å². The van der Waals surface area contributed by atoms with Crippen LogP contribution in [0.25, 0.3) is 5.69 Å². The zero-order valence-corrected chi connectivity index (χ0v) is 23.2. The van der Waals surface area contributed by atoms with Gasteiger partial charge in [0.2, 0.25) is 11.8 Å². The Balaban J connectivity index is 1.97. The second kappa shape index (κ2) is 11.8. The summed E-state index contributed by atoms with van der Waals surface area (Å²) in [5.74, 6) is -2.84. The van der Waals surface area contributed by atoms with Crippen molar-refractivity contribution in [3.63, 3.8) is 0 Å². The predicted octanol–water partition coefficient (Wildman–Crippen LogP) is 3.21. The number of nitrogens with one attached hydrogen (secondary N) is 2. The molecule has 3 amide bonds. The molecule has 12 heteroatoms. The van der Waals surface area contributed by atoms with Gasteiger partial charge in [-0.2, -0.15) is 18.3 Å². The Bertz CT molecular complexity index is 1180. The molecule has 1 saturated heterocycles. The minimum Gasteiger partial charge on any atom is -0.342 e. The molecule has 39 heavy (non-hydrogen) atoms. The van der Waals surface area contributed by atoms with Crippen molar-refractivity contribution in [2.45, 2.75) is 71.8 Å². The quantitative estimate of drug-likeness (QED) is 0.526. The second-order valence-electron chi connectivity index (χ2n) is 11.0. The van der Waals surface area contributed by atoms with E-state index in [4.69, 9.17) is 0 Å². The first-order valence-corrected chi connectivity index (χ1v) is 12.9. The third-order valence-electron chi connectivity index (χ3n) is 6.86. The van der Waals surface area contributed by atoms with Crippen molar-refractivity contribution >= 4 is 23.5 Å². The van der Waals surface area contributed by atoms with Crippen LogP contribution in [0.15, 0.2) is 36.4 Å². The van der Waals surface area contributed by atoms with Gasteiger partial charge in [-0.3, -0.25) is 19.3 Å². The van der Waals surface area contributed by atoms with E-state index >= 15 is 0 Å². The van der Waals surface area contributed by atoms with Crippen LogP contribution in [0.1, 0.15) is 46.2 Å². The van der Waals surface area contributed by atoms with E-state index in [0.29, 0.717) is 35.7 Å². The molecule has 0 radical (unpaired) electrons. The van der Waals surface area contributed by atoms with Crippen molar-refractivity contribution in [1.29, 1.82) is 0 Å². The number of nitrogens with zero attached hydrogens (tertiary/aromatic N) is 4. The van der Waals surface area contributed by atoms with Gasteiger partial charge in [0.1, 0.15) is 11.9 Å². The van der Waals surface area contributed by atoms with Gasteiger partial charge in [0.15, 0.2) is 0 Å². The van der Waals surface area contributed by atoms with Crippen molar-refractivity contribution in [1.82, 2.24) is 25.3 Å². The van der Waals surface area contributed by atoms with Crippen LogP contribution >= 0.6 is 0 Å². The maximum Gasteiger partial charge on any atom is 0.471 e. The van der Waals surface area contributed by atoms with Crippen LogP contribution in [-0.2, 0) is 14.4 Å². The smallest absolute Gasteiger partial charge is 0.342 e. The largest absolute Gasteiger partial charge is 0.471 e. The highest BCUT2D eigenvalue weighted by atomic mass is 19.4. The van der Waals surface area contributed by atoms with Gasteiger partial charge in [0, 0.05) is 25.2 Å². The van der Waals surface area contributed by atoms with Crippen LogP contribution in [0.5, 0.6) is 0 Å². The molecule has 0 saturated carbocycles. The maximum atomic E-state index is 13.8. The van der Waals surface area contributed by atoms with Gasteiger partial charge in [-0.05, 0) is 51.3 Å². The predicted molar refractivity (Wildman–Crippen MR) is 141 cm³/mol. The fourth-order valence-corrected chi connectivity index (χ4v) is 4.61. The lowest BCUT2D eigenvalue weighted by Gasteiger charge is -2.37. The van der Waals surface area contributed by atoms with Gasteiger partial charge >= 0.3 is 12.1 Å². The Morgan fingerprint density at radius 2 is 1.79 bits per heavy atom. The average Bonchev–Trinajstić information content (AvgIpc) is 3.49. The number of likely N-dealkylation sites (tertiary alicyclic amines) is 1. The van der Waals surface area contributed by atoms with Gasteiger partial charge in [0.05, 0.1) is 17.4 Å². The van der Waals surface area contributed by atoms with Crippen LogP contribution < -0.4 is 15.5 Å². The van der Waals surface area contributed by atoms with E-state index in [1.807, 2.05) is 20.8 Å². The van der Waals surface area contributed by atoms with Gasteiger partial charge in [-0.15, -0.1) is 0 Å². The van der Waals surface area contributed by atoms with Gasteiger partial charge < -0.3 is 15.5 Å². The fourth-order valence-electron chi connectivity index (χ4n) is 4.61. The summed E-state index contributed by atoms with van der Waals surface area (Å²) < 4.78 is 42.8. The number of hydrogen-bond acceptors (Lipinski definition) is 5. The number of para-hydroxylation sites is 1. The summed E-state index contributed by atoms with van der Waals surface area (Å²) in [7, 11) is 1.63. The van der Waals surface area contributed by atoms with Crippen molar-refractivity contribution in [3.8, 4) is 5.69 Å². The number of benzene rings is 1. The Morgan fingerprint density at radius 1 is 1.15 bits per heavy atom. The van der Waals surface area contributed by atoms with E-state index in [2.05, 4.69) is 15.7 Å². The van der Waals surface area contributed by atoms with E-state index in [1.165, 1.54) is 15.6 Å². The average molecular weight is 551 g/mol. The molecule has 1 aliphatic rings. The lowest BCUT2D eigenvalue weighted by atomic mass is 9.85. The summed E-state index contributed by atoms with van der Waals surface area (Å²) in [6.07, 6.45) is -4.18. The lowest BCUT2D eigenvalue weighted by Crippen LogP contribution is -2.59. The molecule has 1 aromatic heterocycles. The zero-order chi connectivity index (χ0) is 29.1. The van der Waals surface area contributed by atoms with Crippen molar-refractivity contribution < 1.29 is 27.6 Å². The summed E-state index contributed by atoms with van der Waals surface area (Å²) in [6.45, 7) is 8.66. The number of hydrogen-bond donors (Lipinski definition) is 2. The minimum absolute atomic E-state index is 0.0381. The first-order chi connectivity index (χ1) is 18.1. The highest BCUT2D eigenvalue weighted by Gasteiger charge is 2.47. The van der Waals surface area contributed by atoms with E-state index in [9.17, 15) is 27.6 Å². The second-order valence-corrected chi connectivity index (χ2v) is 11.0. The molecule has 3 atom stereocenters. The summed E-state index contributed by atoms with van der Waals surface area (Å²) in [5.41, 5.74) is 0.258. The summed E-state index contributed by atoms with van der Waals surface area (Å²) in [4.78, 5) is 41.3. The number of aromatic nitrogens is 2. The number of amides is 3. The van der Waals surface area contributed by atoms with Crippen LogP contribution in [0.2, 0.25) is 0 Å². The number of carbonyl (C=O) groups is 3. The molecule has 1 aliphatic heterocycles. The zero-order valence-electron chi connectivity index (χ0n) is 23.2. The van der Waals surface area contributed by atoms with E-state index in [-0.39, 0.29) is 18.3 Å². The van der Waals surface area contributed by atoms with E-state index in [0.717, 1.165) is 0 Å². The van der Waals surface area contributed by atoms with Gasteiger partial charge in [0.25, 0.3) is 0 Å². The molecule has 3 rings (SSSR count). The first kappa shape index (κ1) is 30.1. The molecule has 0 aliphatic carbocycles. The molecule has 9 nitrogen and oxygen atoms in total. The number of aryl methyl sites for hydroxylation is 1. The standard InChI is InChI=1S/C27H37F3N6O3/c1-17-15-21(36(33-17)19-11-8-7-9-12-19)35(25(39)27(28,29)30)16-20-13-10-14-34(20)24(38)22(26(3,4)5)32-23(37)18(2)31-6/h7-9,11-12,15,18,20,22,31H,10,13-14,16H2,1-6H3,(H,32,37)/t18-,20-,22+/m0/s1. The summed E-state index contributed by atoms with van der Waals surface area (Å²) in [6, 6.07) is 7.85. The third kappa shape index (κ3) is 6.97. The van der Waals surface area contributed by atoms with E-state index in [1.54, 1.807) is 51.2 Å². The molecular formula is C27H37F3N6O3. The Morgan fingerprint density at radius 3 is 2.36 bits per heavy atom. The monoisotopic (exact) mass is 550 g/mol. The SMILES string of the molecule is CN[C@@H](C)C(=O)N[C@H](C(=O)N1CCC[C@H]1CN(C(=O)C(F)(F)F)c1cc(C)nn1-c1ccccc1)C(C)(C)C. The normalized spacial score (nSPS) is 17.6. The van der Waals surface area contributed by atoms with Crippen molar-refractivity contribution in [2.75, 3.05) is 25.0 Å². The topological polar surface area (TPSA) is 99.6 Å². The van der Waals surface area contributed by atoms with Crippen molar-refractivity contribution in [2.24, 2.45) is 5.41 Å². The summed E-state index contributed by atoms with van der Waals surface area (Å²) >= 11 is 0. The molecule has 0 spiro atoms. The molecule has 2 heterocycles. The van der Waals surface area contributed by atoms with Crippen LogP contribution in [0.4, 0.5) is 19.0 Å². The first-order valence-electron chi connectivity index (χ1n) is 12.9. The number of likely N-dealkylation sites (N-methyl/N-ethyl adjacent to an activating group) is 1. The Kier molecular flexibility index (Phi) is 9.09. The van der Waals surface area contributed by atoms with Crippen LogP contribution in [0, 0.1) is 12.3 Å². The number of rotatable bonds is 8.